The van der Waals surface area contributed by atoms with Gasteiger partial charge in [0.15, 0.2) is 9.84 Å². The fourth-order valence-electron chi connectivity index (χ4n) is 2.26. The highest BCUT2D eigenvalue weighted by Gasteiger charge is 2.28. The molecule has 0 aromatic rings. The van der Waals surface area contributed by atoms with Crippen molar-refractivity contribution in [3.63, 3.8) is 0 Å². The SMILES string of the molecule is CC(O)CN(CCNC1CCS(=O)(=O)C1)C(=O)OC(C)(C)C. The molecule has 130 valence electrons. The first-order valence-electron chi connectivity index (χ1n) is 7.58. The van der Waals surface area contributed by atoms with Crippen molar-refractivity contribution in [2.24, 2.45) is 0 Å². The minimum absolute atomic E-state index is 0.0583. The van der Waals surface area contributed by atoms with Crippen LogP contribution in [0, 0.1) is 0 Å². The number of nitrogens with zero attached hydrogens (tertiary/aromatic N) is 1. The topological polar surface area (TPSA) is 95.9 Å². The van der Waals surface area contributed by atoms with Crippen molar-refractivity contribution >= 4 is 15.9 Å². The summed E-state index contributed by atoms with van der Waals surface area (Å²) in [6.07, 6.45) is -0.529. The maximum atomic E-state index is 12.1. The van der Waals surface area contributed by atoms with Crippen LogP contribution in [0.2, 0.25) is 0 Å². The quantitative estimate of drug-likeness (QED) is 0.728. The largest absolute Gasteiger partial charge is 0.444 e. The number of aliphatic hydroxyl groups is 1. The highest BCUT2D eigenvalue weighted by atomic mass is 32.2. The monoisotopic (exact) mass is 336 g/mol. The average molecular weight is 336 g/mol. The van der Waals surface area contributed by atoms with E-state index in [0.717, 1.165) is 0 Å². The lowest BCUT2D eigenvalue weighted by atomic mass is 10.2. The Morgan fingerprint density at radius 1 is 1.45 bits per heavy atom. The fraction of sp³-hybridized carbons (Fsp3) is 0.929. The summed E-state index contributed by atoms with van der Waals surface area (Å²) < 4.78 is 28.1. The zero-order chi connectivity index (χ0) is 17.0. The molecule has 1 heterocycles. The van der Waals surface area contributed by atoms with E-state index >= 15 is 0 Å². The van der Waals surface area contributed by atoms with E-state index in [4.69, 9.17) is 4.74 Å². The summed E-state index contributed by atoms with van der Waals surface area (Å²) in [5.41, 5.74) is -0.596. The number of sulfone groups is 1. The van der Waals surface area contributed by atoms with Gasteiger partial charge in [0.2, 0.25) is 0 Å². The summed E-state index contributed by atoms with van der Waals surface area (Å²) in [7, 11) is -2.91. The van der Waals surface area contributed by atoms with Crippen LogP contribution in [0.1, 0.15) is 34.1 Å². The molecule has 0 radical (unpaired) electrons. The second kappa shape index (κ2) is 7.61. The minimum atomic E-state index is -2.91. The summed E-state index contributed by atoms with van der Waals surface area (Å²) in [5, 5.41) is 12.6. The molecule has 1 rings (SSSR count). The first-order valence-corrected chi connectivity index (χ1v) is 9.40. The summed E-state index contributed by atoms with van der Waals surface area (Å²) in [6.45, 7) is 7.96. The Kier molecular flexibility index (Phi) is 6.64. The Morgan fingerprint density at radius 2 is 2.09 bits per heavy atom. The van der Waals surface area contributed by atoms with Gasteiger partial charge in [-0.05, 0) is 34.1 Å². The second-order valence-corrected chi connectivity index (χ2v) is 9.06. The lowest BCUT2D eigenvalue weighted by Gasteiger charge is -2.28. The molecule has 1 saturated heterocycles. The van der Waals surface area contributed by atoms with Crippen molar-refractivity contribution in [1.29, 1.82) is 0 Å². The number of hydrogen-bond acceptors (Lipinski definition) is 6. The third kappa shape index (κ3) is 7.42. The third-order valence-corrected chi connectivity index (χ3v) is 4.95. The van der Waals surface area contributed by atoms with E-state index in [2.05, 4.69) is 5.32 Å². The van der Waals surface area contributed by atoms with Gasteiger partial charge < -0.3 is 20.1 Å². The Morgan fingerprint density at radius 3 is 2.55 bits per heavy atom. The molecule has 0 aromatic heterocycles. The predicted molar refractivity (Wildman–Crippen MR) is 84.5 cm³/mol. The lowest BCUT2D eigenvalue weighted by molar-refractivity contribution is 0.0163. The molecule has 0 aromatic carbocycles. The maximum absolute atomic E-state index is 12.1. The van der Waals surface area contributed by atoms with E-state index in [0.29, 0.717) is 19.5 Å². The van der Waals surface area contributed by atoms with E-state index in [9.17, 15) is 18.3 Å². The highest BCUT2D eigenvalue weighted by molar-refractivity contribution is 7.91. The predicted octanol–water partition coefficient (Wildman–Crippen LogP) is 0.381. The molecule has 22 heavy (non-hydrogen) atoms. The number of carbonyl (C=O) groups excluding carboxylic acids is 1. The molecule has 2 N–H and O–H groups in total. The van der Waals surface area contributed by atoms with Gasteiger partial charge in [-0.3, -0.25) is 0 Å². The zero-order valence-electron chi connectivity index (χ0n) is 13.8. The Labute approximate surface area is 132 Å². The van der Waals surface area contributed by atoms with Crippen molar-refractivity contribution in [2.75, 3.05) is 31.1 Å². The van der Waals surface area contributed by atoms with Crippen LogP contribution in [0.5, 0.6) is 0 Å². The smallest absolute Gasteiger partial charge is 0.410 e. The molecule has 0 aliphatic carbocycles. The summed E-state index contributed by atoms with van der Waals surface area (Å²) in [5.74, 6) is 0.365. The molecule has 1 fully saturated rings. The van der Waals surface area contributed by atoms with E-state index in [-0.39, 0.29) is 24.1 Å². The van der Waals surface area contributed by atoms with E-state index in [1.807, 2.05) is 0 Å². The van der Waals surface area contributed by atoms with Gasteiger partial charge in [0.25, 0.3) is 0 Å². The van der Waals surface area contributed by atoms with Gasteiger partial charge in [-0.25, -0.2) is 13.2 Å². The maximum Gasteiger partial charge on any atom is 0.410 e. The normalized spacial score (nSPS) is 22.3. The molecule has 1 aliphatic rings. The van der Waals surface area contributed by atoms with Crippen LogP contribution >= 0.6 is 0 Å². The van der Waals surface area contributed by atoms with Gasteiger partial charge in [-0.1, -0.05) is 0 Å². The van der Waals surface area contributed by atoms with Gasteiger partial charge >= 0.3 is 6.09 Å². The van der Waals surface area contributed by atoms with Crippen LogP contribution in [0.4, 0.5) is 4.79 Å². The van der Waals surface area contributed by atoms with E-state index < -0.39 is 27.6 Å². The number of amides is 1. The Hall–Kier alpha value is -0.860. The molecule has 1 amide bonds. The average Bonchev–Trinajstić information content (AvgIpc) is 2.65. The molecule has 7 nitrogen and oxygen atoms in total. The van der Waals surface area contributed by atoms with Crippen molar-refractivity contribution in [3.05, 3.63) is 0 Å². The molecule has 8 heteroatoms. The van der Waals surface area contributed by atoms with Crippen molar-refractivity contribution in [3.8, 4) is 0 Å². The molecular formula is C14H28N2O5S. The van der Waals surface area contributed by atoms with Gasteiger partial charge in [-0.2, -0.15) is 0 Å². The van der Waals surface area contributed by atoms with Crippen molar-refractivity contribution in [1.82, 2.24) is 10.2 Å². The van der Waals surface area contributed by atoms with Gasteiger partial charge in [0.1, 0.15) is 5.60 Å². The number of nitrogens with one attached hydrogen (secondary N) is 1. The standard InChI is InChI=1S/C14H28N2O5S/c1-11(17)9-16(13(18)21-14(2,3)4)7-6-15-12-5-8-22(19,20)10-12/h11-12,15,17H,5-10H2,1-4H3. The summed E-state index contributed by atoms with van der Waals surface area (Å²) in [6, 6.07) is -0.0583. The Bertz CT molecular complexity index is 470. The number of carbonyl (C=O) groups is 1. The van der Waals surface area contributed by atoms with Crippen molar-refractivity contribution < 1.29 is 23.1 Å². The van der Waals surface area contributed by atoms with E-state index in [1.165, 1.54) is 4.90 Å². The van der Waals surface area contributed by atoms with Crippen LogP contribution in [-0.2, 0) is 14.6 Å². The second-order valence-electron chi connectivity index (χ2n) is 6.83. The minimum Gasteiger partial charge on any atom is -0.444 e. The summed E-state index contributed by atoms with van der Waals surface area (Å²) >= 11 is 0. The Balaban J connectivity index is 2.46. The molecule has 2 unspecified atom stereocenters. The van der Waals surface area contributed by atoms with Gasteiger partial charge in [0.05, 0.1) is 17.6 Å². The van der Waals surface area contributed by atoms with Gasteiger partial charge in [0, 0.05) is 25.7 Å². The number of ether oxygens (including phenoxy) is 1. The zero-order valence-corrected chi connectivity index (χ0v) is 14.6. The number of aliphatic hydroxyl groups excluding tert-OH is 1. The first-order chi connectivity index (χ1) is 9.98. The highest BCUT2D eigenvalue weighted by Crippen LogP contribution is 2.12. The molecule has 0 saturated carbocycles. The van der Waals surface area contributed by atoms with Crippen LogP contribution in [-0.4, -0.2) is 73.4 Å². The molecule has 1 aliphatic heterocycles. The first kappa shape index (κ1) is 19.2. The molecular weight excluding hydrogens is 308 g/mol. The lowest BCUT2D eigenvalue weighted by Crippen LogP contribution is -2.45. The number of rotatable bonds is 6. The van der Waals surface area contributed by atoms with E-state index in [1.54, 1.807) is 27.7 Å². The fourth-order valence-corrected chi connectivity index (χ4v) is 3.97. The van der Waals surface area contributed by atoms with Crippen molar-refractivity contribution in [2.45, 2.75) is 51.9 Å². The van der Waals surface area contributed by atoms with Gasteiger partial charge in [-0.15, -0.1) is 0 Å². The molecule has 0 bridgehead atoms. The van der Waals surface area contributed by atoms with Crippen LogP contribution < -0.4 is 5.32 Å². The third-order valence-electron chi connectivity index (χ3n) is 3.18. The molecule has 0 spiro atoms. The van der Waals surface area contributed by atoms with Crippen LogP contribution in [0.3, 0.4) is 0 Å². The number of hydrogen-bond donors (Lipinski definition) is 2. The van der Waals surface area contributed by atoms with Crippen LogP contribution in [0.15, 0.2) is 0 Å². The summed E-state index contributed by atoms with van der Waals surface area (Å²) in [4.78, 5) is 13.5. The van der Waals surface area contributed by atoms with Crippen LogP contribution in [0.25, 0.3) is 0 Å². The molecule has 2 atom stereocenters.